The molecule has 0 spiro atoms. The highest BCUT2D eigenvalue weighted by atomic mass is 16.5. The number of rotatable bonds is 7. The molecule has 1 fully saturated rings. The second-order valence-corrected chi connectivity index (χ2v) is 7.17. The fourth-order valence-electron chi connectivity index (χ4n) is 3.54. The summed E-state index contributed by atoms with van der Waals surface area (Å²) in [6, 6.07) is 15.9. The molecule has 1 heterocycles. The lowest BCUT2D eigenvalue weighted by Gasteiger charge is -2.37. The summed E-state index contributed by atoms with van der Waals surface area (Å²) in [7, 11) is 3.20. The number of aliphatic imine (C=N–C) groups is 1. The summed E-state index contributed by atoms with van der Waals surface area (Å²) >= 11 is 0. The number of anilines is 1. The summed E-state index contributed by atoms with van der Waals surface area (Å²) in [5.74, 6) is 2.13. The number of methoxy groups -OCH3 is 2. The van der Waals surface area contributed by atoms with E-state index in [9.17, 15) is 5.11 Å². The Kier molecular flexibility index (Phi) is 7.79. The number of ether oxygens (including phenoxy) is 2. The van der Waals surface area contributed by atoms with Crippen LogP contribution in [0.2, 0.25) is 0 Å². The molecule has 7 nitrogen and oxygen atoms in total. The number of guanidine groups is 1. The fraction of sp³-hybridized carbons (Fsp3) is 0.435. The minimum atomic E-state index is -0.742. The summed E-state index contributed by atoms with van der Waals surface area (Å²) in [6.07, 6.45) is -0.742. The van der Waals surface area contributed by atoms with Gasteiger partial charge in [0.1, 0.15) is 11.5 Å². The normalized spacial score (nSPS) is 15.7. The minimum absolute atomic E-state index is 0.261. The Balaban J connectivity index is 1.65. The molecule has 1 saturated heterocycles. The third-order valence-electron chi connectivity index (χ3n) is 5.21. The Bertz CT molecular complexity index is 798. The highest BCUT2D eigenvalue weighted by molar-refractivity contribution is 5.80. The summed E-state index contributed by atoms with van der Waals surface area (Å²) in [4.78, 5) is 9.34. The number of benzene rings is 2. The number of aliphatic hydroxyl groups excluding tert-OH is 1. The largest absolute Gasteiger partial charge is 0.497 e. The van der Waals surface area contributed by atoms with Gasteiger partial charge in [-0.15, -0.1) is 0 Å². The van der Waals surface area contributed by atoms with Crippen molar-refractivity contribution >= 4 is 11.6 Å². The standard InChI is InChI=1S/C23H32N4O3/c1-4-24-23(27-12-10-26(11-13-27)19-8-6-5-7-9-19)25-17-22(28)18-14-20(29-2)16-21(15-18)30-3/h5-9,14-16,22,28H,4,10-13,17H2,1-3H3,(H,24,25). The van der Waals surface area contributed by atoms with E-state index >= 15 is 0 Å². The van der Waals surface area contributed by atoms with Crippen LogP contribution >= 0.6 is 0 Å². The first-order chi connectivity index (χ1) is 14.6. The van der Waals surface area contributed by atoms with Crippen molar-refractivity contribution in [3.8, 4) is 11.5 Å². The van der Waals surface area contributed by atoms with E-state index in [-0.39, 0.29) is 6.54 Å². The molecule has 0 bridgehead atoms. The SMILES string of the molecule is CCNC(=NCC(O)c1cc(OC)cc(OC)c1)N1CCN(c2ccccc2)CC1. The molecule has 30 heavy (non-hydrogen) atoms. The minimum Gasteiger partial charge on any atom is -0.497 e. The van der Waals surface area contributed by atoms with Crippen molar-refractivity contribution in [2.75, 3.05) is 58.4 Å². The van der Waals surface area contributed by atoms with Gasteiger partial charge in [0.05, 0.1) is 26.9 Å². The molecule has 162 valence electrons. The van der Waals surface area contributed by atoms with Crippen molar-refractivity contribution in [2.24, 2.45) is 4.99 Å². The zero-order valence-corrected chi connectivity index (χ0v) is 18.0. The van der Waals surface area contributed by atoms with Crippen LogP contribution in [0.15, 0.2) is 53.5 Å². The van der Waals surface area contributed by atoms with Gasteiger partial charge in [-0.25, -0.2) is 0 Å². The molecule has 0 amide bonds. The first-order valence-corrected chi connectivity index (χ1v) is 10.4. The molecule has 1 aliphatic rings. The van der Waals surface area contributed by atoms with Crippen LogP contribution in [0.25, 0.3) is 0 Å². The molecule has 2 aromatic rings. The van der Waals surface area contributed by atoms with Gasteiger partial charge >= 0.3 is 0 Å². The van der Waals surface area contributed by atoms with Crippen molar-refractivity contribution in [3.05, 3.63) is 54.1 Å². The number of nitrogens with zero attached hydrogens (tertiary/aromatic N) is 3. The van der Waals surface area contributed by atoms with Gasteiger partial charge in [0.15, 0.2) is 5.96 Å². The first kappa shape index (κ1) is 21.8. The quantitative estimate of drug-likeness (QED) is 0.538. The van der Waals surface area contributed by atoms with Crippen LogP contribution in [0.5, 0.6) is 11.5 Å². The molecule has 0 radical (unpaired) electrons. The lowest BCUT2D eigenvalue weighted by Crippen LogP contribution is -2.52. The van der Waals surface area contributed by atoms with Gasteiger partial charge in [0, 0.05) is 44.5 Å². The lowest BCUT2D eigenvalue weighted by atomic mass is 10.1. The Labute approximate surface area is 178 Å². The Morgan fingerprint density at radius 1 is 1.03 bits per heavy atom. The van der Waals surface area contributed by atoms with Crippen LogP contribution in [-0.4, -0.2) is 69.5 Å². The molecule has 0 saturated carbocycles. The van der Waals surface area contributed by atoms with Crippen LogP contribution in [0, 0.1) is 0 Å². The van der Waals surface area contributed by atoms with E-state index in [4.69, 9.17) is 14.5 Å². The van der Waals surface area contributed by atoms with E-state index in [1.807, 2.05) is 18.2 Å². The molecule has 1 atom stereocenters. The fourth-order valence-corrected chi connectivity index (χ4v) is 3.54. The molecular weight excluding hydrogens is 380 g/mol. The van der Waals surface area contributed by atoms with E-state index in [1.54, 1.807) is 20.3 Å². The monoisotopic (exact) mass is 412 g/mol. The van der Waals surface area contributed by atoms with E-state index in [0.717, 1.165) is 44.2 Å². The van der Waals surface area contributed by atoms with Crippen LogP contribution in [-0.2, 0) is 0 Å². The highest BCUT2D eigenvalue weighted by Crippen LogP contribution is 2.26. The third-order valence-corrected chi connectivity index (χ3v) is 5.21. The van der Waals surface area contributed by atoms with Crippen molar-refractivity contribution in [3.63, 3.8) is 0 Å². The number of piperazine rings is 1. The number of aliphatic hydroxyl groups is 1. The Morgan fingerprint density at radius 3 is 2.23 bits per heavy atom. The summed E-state index contributed by atoms with van der Waals surface area (Å²) in [5.41, 5.74) is 1.97. The predicted octanol–water partition coefficient (Wildman–Crippen LogP) is 2.52. The molecule has 7 heteroatoms. The van der Waals surface area contributed by atoms with Gasteiger partial charge in [0.25, 0.3) is 0 Å². The van der Waals surface area contributed by atoms with Gasteiger partial charge in [-0.1, -0.05) is 18.2 Å². The van der Waals surface area contributed by atoms with Crippen LogP contribution in [0.3, 0.4) is 0 Å². The maximum atomic E-state index is 10.7. The first-order valence-electron chi connectivity index (χ1n) is 10.4. The average molecular weight is 413 g/mol. The second kappa shape index (κ2) is 10.7. The number of para-hydroxylation sites is 1. The zero-order chi connectivity index (χ0) is 21.3. The van der Waals surface area contributed by atoms with E-state index in [2.05, 4.69) is 46.3 Å². The molecule has 0 aromatic heterocycles. The lowest BCUT2D eigenvalue weighted by molar-refractivity contribution is 0.185. The summed E-state index contributed by atoms with van der Waals surface area (Å²) < 4.78 is 10.6. The topological polar surface area (TPSA) is 69.6 Å². The number of hydrogen-bond donors (Lipinski definition) is 2. The van der Waals surface area contributed by atoms with Crippen LogP contribution in [0.1, 0.15) is 18.6 Å². The molecule has 1 unspecified atom stereocenters. The molecular formula is C23H32N4O3. The molecule has 2 aromatic carbocycles. The van der Waals surface area contributed by atoms with Gasteiger partial charge in [-0.3, -0.25) is 4.99 Å². The molecule has 3 rings (SSSR count). The molecule has 1 aliphatic heterocycles. The van der Waals surface area contributed by atoms with E-state index < -0.39 is 6.10 Å². The summed E-state index contributed by atoms with van der Waals surface area (Å²) in [6.45, 7) is 6.72. The number of hydrogen-bond acceptors (Lipinski definition) is 5. The maximum absolute atomic E-state index is 10.7. The Hall–Kier alpha value is -2.93. The third kappa shape index (κ3) is 5.57. The van der Waals surface area contributed by atoms with Crippen molar-refractivity contribution in [1.82, 2.24) is 10.2 Å². The predicted molar refractivity (Wildman–Crippen MR) is 121 cm³/mol. The maximum Gasteiger partial charge on any atom is 0.194 e. The van der Waals surface area contributed by atoms with Gasteiger partial charge in [0.2, 0.25) is 0 Å². The van der Waals surface area contributed by atoms with Crippen molar-refractivity contribution in [2.45, 2.75) is 13.0 Å². The van der Waals surface area contributed by atoms with Crippen LogP contribution in [0.4, 0.5) is 5.69 Å². The second-order valence-electron chi connectivity index (χ2n) is 7.17. The Morgan fingerprint density at radius 2 is 1.67 bits per heavy atom. The molecule has 2 N–H and O–H groups in total. The highest BCUT2D eigenvalue weighted by Gasteiger charge is 2.20. The summed E-state index contributed by atoms with van der Waals surface area (Å²) in [5, 5.41) is 14.0. The smallest absolute Gasteiger partial charge is 0.194 e. The van der Waals surface area contributed by atoms with Gasteiger partial charge < -0.3 is 29.7 Å². The van der Waals surface area contributed by atoms with Crippen molar-refractivity contribution in [1.29, 1.82) is 0 Å². The van der Waals surface area contributed by atoms with E-state index in [1.165, 1.54) is 5.69 Å². The van der Waals surface area contributed by atoms with E-state index in [0.29, 0.717) is 11.5 Å². The zero-order valence-electron chi connectivity index (χ0n) is 18.0. The number of nitrogens with one attached hydrogen (secondary N) is 1. The molecule has 0 aliphatic carbocycles. The van der Waals surface area contributed by atoms with Gasteiger partial charge in [-0.2, -0.15) is 0 Å². The van der Waals surface area contributed by atoms with Crippen molar-refractivity contribution < 1.29 is 14.6 Å². The average Bonchev–Trinajstić information content (AvgIpc) is 2.81. The van der Waals surface area contributed by atoms with Gasteiger partial charge in [-0.05, 0) is 36.8 Å². The van der Waals surface area contributed by atoms with Crippen LogP contribution < -0.4 is 19.7 Å².